The Labute approximate surface area is 118 Å². The van der Waals surface area contributed by atoms with Gasteiger partial charge >= 0.3 is 0 Å². The molecule has 1 N–H and O–H groups in total. The van der Waals surface area contributed by atoms with E-state index in [4.69, 9.17) is 16.3 Å². The molecule has 106 valence electrons. The van der Waals surface area contributed by atoms with Crippen molar-refractivity contribution in [3.8, 4) is 0 Å². The van der Waals surface area contributed by atoms with Crippen molar-refractivity contribution >= 4 is 11.6 Å². The number of nitrogens with zero attached hydrogens (tertiary/aromatic N) is 1. The van der Waals surface area contributed by atoms with Gasteiger partial charge in [0, 0.05) is 19.1 Å². The molecule has 0 spiro atoms. The number of benzene rings is 1. The van der Waals surface area contributed by atoms with Gasteiger partial charge in [-0.1, -0.05) is 17.7 Å². The molecule has 2 atom stereocenters. The zero-order valence-corrected chi connectivity index (χ0v) is 12.1. The predicted molar refractivity (Wildman–Crippen MR) is 75.2 cm³/mol. The van der Waals surface area contributed by atoms with E-state index < -0.39 is 0 Å². The van der Waals surface area contributed by atoms with Gasteiger partial charge in [-0.15, -0.1) is 0 Å². The van der Waals surface area contributed by atoms with Gasteiger partial charge < -0.3 is 15.0 Å². The van der Waals surface area contributed by atoms with E-state index in [1.807, 2.05) is 13.1 Å². The molecule has 3 nitrogen and oxygen atoms in total. The van der Waals surface area contributed by atoms with E-state index in [2.05, 4.69) is 17.3 Å². The lowest BCUT2D eigenvalue weighted by molar-refractivity contribution is -0.0372. The smallest absolute Gasteiger partial charge is 0.142 e. The van der Waals surface area contributed by atoms with E-state index in [-0.39, 0.29) is 23.0 Å². The number of morpholine rings is 1. The Bertz CT molecular complexity index is 430. The molecular formula is C14H20ClFN2O. The highest BCUT2D eigenvalue weighted by Crippen LogP contribution is 2.18. The maximum absolute atomic E-state index is 13.4. The zero-order chi connectivity index (χ0) is 13.8. The summed E-state index contributed by atoms with van der Waals surface area (Å²) in [6.45, 7) is 2.60. The number of ether oxygens (including phenoxy) is 1. The average molecular weight is 287 g/mol. The second kappa shape index (κ2) is 6.66. The van der Waals surface area contributed by atoms with Crippen LogP contribution in [0.2, 0.25) is 5.02 Å². The summed E-state index contributed by atoms with van der Waals surface area (Å²) >= 11 is 5.70. The Hall–Kier alpha value is -0.680. The van der Waals surface area contributed by atoms with Crippen LogP contribution in [0.4, 0.5) is 4.39 Å². The maximum Gasteiger partial charge on any atom is 0.142 e. The van der Waals surface area contributed by atoms with Crippen molar-refractivity contribution in [2.45, 2.75) is 18.6 Å². The molecular weight excluding hydrogens is 267 g/mol. The van der Waals surface area contributed by atoms with Gasteiger partial charge in [0.2, 0.25) is 0 Å². The number of halogens is 2. The summed E-state index contributed by atoms with van der Waals surface area (Å²) in [6.07, 6.45) is 0.853. The lowest BCUT2D eigenvalue weighted by Crippen LogP contribution is -2.51. The van der Waals surface area contributed by atoms with Crippen molar-refractivity contribution < 1.29 is 9.13 Å². The highest BCUT2D eigenvalue weighted by Gasteiger charge is 2.25. The molecule has 1 saturated heterocycles. The van der Waals surface area contributed by atoms with Crippen molar-refractivity contribution in [1.82, 2.24) is 10.2 Å². The summed E-state index contributed by atoms with van der Waals surface area (Å²) in [5, 5.41) is 3.43. The molecule has 1 aromatic carbocycles. The molecule has 0 aromatic heterocycles. The Balaban J connectivity index is 2.03. The molecule has 1 aliphatic heterocycles. The number of hydrogen-bond acceptors (Lipinski definition) is 3. The van der Waals surface area contributed by atoms with Crippen LogP contribution in [0.1, 0.15) is 5.56 Å². The molecule has 0 aliphatic carbocycles. The lowest BCUT2D eigenvalue weighted by Gasteiger charge is -2.35. The summed E-state index contributed by atoms with van der Waals surface area (Å²) in [5.41, 5.74) is 0.929. The van der Waals surface area contributed by atoms with Crippen LogP contribution in [-0.4, -0.2) is 50.8 Å². The van der Waals surface area contributed by atoms with E-state index in [1.165, 1.54) is 6.07 Å². The van der Waals surface area contributed by atoms with Crippen LogP contribution in [0, 0.1) is 5.82 Å². The summed E-state index contributed by atoms with van der Waals surface area (Å²) in [7, 11) is 4.00. The predicted octanol–water partition coefficient (Wildman–Crippen LogP) is 1.94. The van der Waals surface area contributed by atoms with Gasteiger partial charge in [-0.3, -0.25) is 0 Å². The third-order valence-electron chi connectivity index (χ3n) is 3.56. The van der Waals surface area contributed by atoms with E-state index in [0.29, 0.717) is 0 Å². The summed E-state index contributed by atoms with van der Waals surface area (Å²) in [6, 6.07) is 5.14. The minimum atomic E-state index is -0.365. The molecule has 0 saturated carbocycles. The Morgan fingerprint density at radius 2 is 2.37 bits per heavy atom. The van der Waals surface area contributed by atoms with Gasteiger partial charge in [-0.25, -0.2) is 4.39 Å². The van der Waals surface area contributed by atoms with Gasteiger partial charge in [0.15, 0.2) is 0 Å². The number of rotatable bonds is 4. The first-order valence-electron chi connectivity index (χ1n) is 6.51. The van der Waals surface area contributed by atoms with Crippen LogP contribution in [-0.2, 0) is 11.2 Å². The van der Waals surface area contributed by atoms with Crippen LogP contribution < -0.4 is 5.32 Å². The van der Waals surface area contributed by atoms with Gasteiger partial charge in [0.1, 0.15) is 5.82 Å². The largest absolute Gasteiger partial charge is 0.374 e. The Morgan fingerprint density at radius 1 is 1.58 bits per heavy atom. The molecule has 2 rings (SSSR count). The van der Waals surface area contributed by atoms with E-state index in [1.54, 1.807) is 6.07 Å². The van der Waals surface area contributed by atoms with E-state index in [9.17, 15) is 4.39 Å². The fourth-order valence-corrected chi connectivity index (χ4v) is 2.51. The van der Waals surface area contributed by atoms with Crippen molar-refractivity contribution in [2.24, 2.45) is 0 Å². The molecule has 1 aliphatic rings. The number of nitrogens with one attached hydrogen (secondary N) is 1. The van der Waals surface area contributed by atoms with Gasteiger partial charge in [-0.2, -0.15) is 0 Å². The van der Waals surface area contributed by atoms with Crippen LogP contribution in [0.15, 0.2) is 18.2 Å². The Morgan fingerprint density at radius 3 is 3.00 bits per heavy atom. The molecule has 1 aromatic rings. The molecule has 1 heterocycles. The van der Waals surface area contributed by atoms with Crippen LogP contribution in [0.5, 0.6) is 0 Å². The topological polar surface area (TPSA) is 24.5 Å². The second-order valence-corrected chi connectivity index (χ2v) is 5.43. The standard InChI is InChI=1S/C14H20ClFN2O/c1-17-13(14-9-18(2)5-6-19-14)8-10-3-4-11(15)12(16)7-10/h3-4,7,13-14,17H,5-6,8-9H2,1-2H3. The second-order valence-electron chi connectivity index (χ2n) is 5.02. The average Bonchev–Trinajstić information content (AvgIpc) is 2.40. The highest BCUT2D eigenvalue weighted by atomic mass is 35.5. The van der Waals surface area contributed by atoms with Crippen LogP contribution in [0.3, 0.4) is 0 Å². The molecule has 19 heavy (non-hydrogen) atoms. The fourth-order valence-electron chi connectivity index (χ4n) is 2.39. The molecule has 0 radical (unpaired) electrons. The normalized spacial score (nSPS) is 22.4. The minimum absolute atomic E-state index is 0.127. The third-order valence-corrected chi connectivity index (χ3v) is 3.86. The quantitative estimate of drug-likeness (QED) is 0.915. The SMILES string of the molecule is CNC(Cc1ccc(Cl)c(F)c1)C1CN(C)CCO1. The third kappa shape index (κ3) is 3.89. The van der Waals surface area contributed by atoms with Crippen molar-refractivity contribution in [1.29, 1.82) is 0 Å². The minimum Gasteiger partial charge on any atom is -0.374 e. The molecule has 5 heteroatoms. The zero-order valence-electron chi connectivity index (χ0n) is 11.3. The molecule has 1 fully saturated rings. The molecule has 0 amide bonds. The first-order chi connectivity index (χ1) is 9.10. The first kappa shape index (κ1) is 14.7. The first-order valence-corrected chi connectivity index (χ1v) is 6.89. The summed E-state index contributed by atoms with van der Waals surface area (Å²) in [5.74, 6) is -0.365. The number of likely N-dealkylation sites (N-methyl/N-ethyl adjacent to an activating group) is 2. The maximum atomic E-state index is 13.4. The Kier molecular flexibility index (Phi) is 5.16. The van der Waals surface area contributed by atoms with Crippen LogP contribution in [0.25, 0.3) is 0 Å². The van der Waals surface area contributed by atoms with Crippen molar-refractivity contribution in [3.05, 3.63) is 34.6 Å². The monoisotopic (exact) mass is 286 g/mol. The van der Waals surface area contributed by atoms with Gasteiger partial charge in [0.05, 0.1) is 17.7 Å². The fraction of sp³-hybridized carbons (Fsp3) is 0.571. The summed E-state index contributed by atoms with van der Waals surface area (Å²) in [4.78, 5) is 2.25. The van der Waals surface area contributed by atoms with Gasteiger partial charge in [0.25, 0.3) is 0 Å². The highest BCUT2D eigenvalue weighted by molar-refractivity contribution is 6.30. The molecule has 0 bridgehead atoms. The summed E-state index contributed by atoms with van der Waals surface area (Å²) < 4.78 is 19.2. The van der Waals surface area contributed by atoms with Crippen molar-refractivity contribution in [2.75, 3.05) is 33.8 Å². The van der Waals surface area contributed by atoms with E-state index >= 15 is 0 Å². The van der Waals surface area contributed by atoms with E-state index in [0.717, 1.165) is 31.7 Å². The van der Waals surface area contributed by atoms with Crippen molar-refractivity contribution in [3.63, 3.8) is 0 Å². The lowest BCUT2D eigenvalue weighted by atomic mass is 10.00. The van der Waals surface area contributed by atoms with Crippen LogP contribution >= 0.6 is 11.6 Å². The molecule has 2 unspecified atom stereocenters. The number of hydrogen-bond donors (Lipinski definition) is 1. The van der Waals surface area contributed by atoms with Gasteiger partial charge in [-0.05, 0) is 38.2 Å².